The van der Waals surface area contributed by atoms with Crippen molar-refractivity contribution in [1.29, 1.82) is 0 Å². The van der Waals surface area contributed by atoms with Gasteiger partial charge in [0.15, 0.2) is 5.65 Å². The Bertz CT molecular complexity index is 1680. The Morgan fingerprint density at radius 3 is 2.56 bits per heavy atom. The van der Waals surface area contributed by atoms with Crippen molar-refractivity contribution in [1.82, 2.24) is 34.7 Å². The van der Waals surface area contributed by atoms with Gasteiger partial charge in [0, 0.05) is 41.9 Å². The molecule has 1 N–H and O–H groups in total. The minimum absolute atomic E-state index is 0.0815. The second kappa shape index (κ2) is 11.7. The van der Waals surface area contributed by atoms with Gasteiger partial charge in [0.25, 0.3) is 0 Å². The number of carbonyl (C=O) groups is 2. The predicted octanol–water partition coefficient (Wildman–Crippen LogP) is 4.99. The lowest BCUT2D eigenvalue weighted by molar-refractivity contribution is -0.143. The second-order valence-electron chi connectivity index (χ2n) is 9.61. The smallest absolute Gasteiger partial charge is 0.349 e. The van der Waals surface area contributed by atoms with Gasteiger partial charge in [-0.1, -0.05) is 24.3 Å². The van der Waals surface area contributed by atoms with E-state index in [0.29, 0.717) is 23.4 Å². The van der Waals surface area contributed by atoms with Crippen LogP contribution in [0.25, 0.3) is 28.0 Å². The zero-order valence-corrected chi connectivity index (χ0v) is 22.0. The average molecular weight is 562 g/mol. The van der Waals surface area contributed by atoms with Gasteiger partial charge in [-0.3, -0.25) is 19.3 Å². The van der Waals surface area contributed by atoms with Gasteiger partial charge in [-0.25, -0.2) is 9.50 Å². The van der Waals surface area contributed by atoms with Gasteiger partial charge in [0.1, 0.15) is 11.8 Å². The van der Waals surface area contributed by atoms with Crippen molar-refractivity contribution >= 4 is 17.3 Å². The first-order valence-electron chi connectivity index (χ1n) is 12.9. The van der Waals surface area contributed by atoms with Crippen molar-refractivity contribution < 1.29 is 22.8 Å². The van der Waals surface area contributed by atoms with Crippen LogP contribution in [-0.4, -0.2) is 47.2 Å². The van der Waals surface area contributed by atoms with E-state index in [9.17, 15) is 22.8 Å². The summed E-state index contributed by atoms with van der Waals surface area (Å²) in [6.07, 6.45) is 2.29. The number of Topliss-reactive ketones (excluding diaryl/α,β-unsaturated/α-hetero) is 1. The molecule has 0 bridgehead atoms. The lowest BCUT2D eigenvalue weighted by Crippen LogP contribution is -2.31. The number of hydrogen-bond acceptors (Lipinski definition) is 6. The Labute approximate surface area is 233 Å². The number of ketones is 1. The highest BCUT2D eigenvalue weighted by atomic mass is 19.4. The highest BCUT2D eigenvalue weighted by molar-refractivity contribution is 5.81. The van der Waals surface area contributed by atoms with Crippen molar-refractivity contribution in [2.75, 3.05) is 0 Å². The van der Waals surface area contributed by atoms with Crippen LogP contribution in [-0.2, 0) is 22.6 Å². The summed E-state index contributed by atoms with van der Waals surface area (Å²) in [5, 5.41) is 11.8. The fourth-order valence-corrected chi connectivity index (χ4v) is 4.32. The Balaban J connectivity index is 1.28. The summed E-state index contributed by atoms with van der Waals surface area (Å²) in [6, 6.07) is 13.8. The molecule has 9 nitrogen and oxygen atoms in total. The molecule has 0 radical (unpaired) electrons. The van der Waals surface area contributed by atoms with Crippen LogP contribution in [0.4, 0.5) is 13.2 Å². The topological polar surface area (TPSA) is 107 Å². The molecule has 41 heavy (non-hydrogen) atoms. The number of imidazole rings is 1. The molecular weight excluding hydrogens is 535 g/mol. The number of carbonyl (C=O) groups excluding carboxylic acids is 2. The Hall–Kier alpha value is -4.87. The highest BCUT2D eigenvalue weighted by Crippen LogP contribution is 2.26. The number of amides is 1. The fraction of sp³-hybridized carbons (Fsp3) is 0.241. The first-order valence-corrected chi connectivity index (χ1v) is 12.9. The minimum Gasteiger partial charge on any atom is -0.349 e. The highest BCUT2D eigenvalue weighted by Gasteiger charge is 2.27. The zero-order valence-electron chi connectivity index (χ0n) is 22.0. The summed E-state index contributed by atoms with van der Waals surface area (Å²) < 4.78 is 40.6. The second-order valence-corrected chi connectivity index (χ2v) is 9.61. The van der Waals surface area contributed by atoms with Crippen molar-refractivity contribution in [3.05, 3.63) is 90.8 Å². The van der Waals surface area contributed by atoms with E-state index in [2.05, 4.69) is 25.5 Å². The van der Waals surface area contributed by atoms with Crippen LogP contribution >= 0.6 is 0 Å². The summed E-state index contributed by atoms with van der Waals surface area (Å²) in [7, 11) is 0. The minimum atomic E-state index is -4.36. The van der Waals surface area contributed by atoms with Crippen LogP contribution in [0.5, 0.6) is 0 Å². The standard InChI is InChI=1S/C29H26F3N7O2/c1-19(28(41)35-16-24-7-2-3-10-33-24)38-18-23(15-36-38)22-13-27-34-17-26(39(27)37-14-22)21-6-4-5-20(11-21)12-25(40)8-9-29(30,31)32/h2-7,10-11,13-15,17-19H,8-9,12,16H2,1H3,(H,35,41). The maximum atomic E-state index is 12.6. The number of halogens is 3. The van der Waals surface area contributed by atoms with Crippen LogP contribution in [0.15, 0.2) is 79.5 Å². The Morgan fingerprint density at radius 1 is 0.951 bits per heavy atom. The maximum Gasteiger partial charge on any atom is 0.389 e. The van der Waals surface area contributed by atoms with Crippen LogP contribution in [0, 0.1) is 0 Å². The van der Waals surface area contributed by atoms with Gasteiger partial charge in [-0.2, -0.15) is 23.4 Å². The van der Waals surface area contributed by atoms with Crippen molar-refractivity contribution in [2.45, 2.75) is 44.9 Å². The molecule has 0 aliphatic rings. The van der Waals surface area contributed by atoms with E-state index in [1.54, 1.807) is 65.3 Å². The molecule has 0 fully saturated rings. The molecule has 1 unspecified atom stereocenters. The molecule has 4 aromatic heterocycles. The summed E-state index contributed by atoms with van der Waals surface area (Å²) in [5.41, 5.74) is 4.86. The SMILES string of the molecule is CC(C(=O)NCc1ccccn1)n1cc(-c2cnn3c(-c4cccc(CC(=O)CCC(F)(F)F)c4)cnc3c2)cn1. The molecule has 1 aromatic carbocycles. The number of rotatable bonds is 10. The van der Waals surface area contributed by atoms with Gasteiger partial charge >= 0.3 is 6.18 Å². The van der Waals surface area contributed by atoms with Gasteiger partial charge in [-0.15, -0.1) is 0 Å². The largest absolute Gasteiger partial charge is 0.389 e. The molecule has 210 valence electrons. The predicted molar refractivity (Wildman–Crippen MR) is 144 cm³/mol. The summed E-state index contributed by atoms with van der Waals surface area (Å²) >= 11 is 0. The number of hydrogen-bond donors (Lipinski definition) is 1. The monoisotopic (exact) mass is 561 g/mol. The van der Waals surface area contributed by atoms with Crippen molar-refractivity contribution in [3.8, 4) is 22.4 Å². The number of nitrogens with zero attached hydrogens (tertiary/aromatic N) is 6. The molecule has 12 heteroatoms. The van der Waals surface area contributed by atoms with E-state index >= 15 is 0 Å². The molecule has 5 aromatic rings. The summed E-state index contributed by atoms with van der Waals surface area (Å²) in [6.45, 7) is 2.07. The number of pyridine rings is 1. The molecule has 0 saturated carbocycles. The Kier molecular flexibility index (Phi) is 7.90. The Morgan fingerprint density at radius 2 is 1.78 bits per heavy atom. The fourth-order valence-electron chi connectivity index (χ4n) is 4.32. The molecule has 0 spiro atoms. The van der Waals surface area contributed by atoms with Crippen molar-refractivity contribution in [2.24, 2.45) is 0 Å². The van der Waals surface area contributed by atoms with Gasteiger partial charge in [0.2, 0.25) is 5.91 Å². The number of aromatic nitrogens is 6. The number of alkyl halides is 3. The molecule has 0 aliphatic carbocycles. The molecular formula is C29H26F3N7O2. The van der Waals surface area contributed by atoms with Gasteiger partial charge in [-0.05, 0) is 36.8 Å². The van der Waals surface area contributed by atoms with Crippen LogP contribution in [0.3, 0.4) is 0 Å². The quantitative estimate of drug-likeness (QED) is 0.258. The van der Waals surface area contributed by atoms with E-state index in [4.69, 9.17) is 0 Å². The first-order chi connectivity index (χ1) is 19.7. The third-order valence-electron chi connectivity index (χ3n) is 6.55. The van der Waals surface area contributed by atoms with E-state index in [0.717, 1.165) is 22.4 Å². The lowest BCUT2D eigenvalue weighted by Gasteiger charge is -2.12. The normalized spacial score (nSPS) is 12.4. The molecule has 5 rings (SSSR count). The molecule has 1 atom stereocenters. The van der Waals surface area contributed by atoms with Gasteiger partial charge < -0.3 is 5.32 Å². The third kappa shape index (κ3) is 6.83. The van der Waals surface area contributed by atoms with E-state index < -0.39 is 30.8 Å². The van der Waals surface area contributed by atoms with E-state index in [1.165, 1.54) is 0 Å². The average Bonchev–Trinajstić information content (AvgIpc) is 3.62. The van der Waals surface area contributed by atoms with E-state index in [-0.39, 0.29) is 12.3 Å². The summed E-state index contributed by atoms with van der Waals surface area (Å²) in [5.74, 6) is -0.665. The first kappa shape index (κ1) is 27.7. The third-order valence-corrected chi connectivity index (χ3v) is 6.55. The zero-order chi connectivity index (χ0) is 29.0. The van der Waals surface area contributed by atoms with Crippen LogP contribution in [0.2, 0.25) is 0 Å². The number of benzene rings is 1. The maximum absolute atomic E-state index is 12.6. The number of nitrogens with one attached hydrogen (secondary N) is 1. The molecule has 4 heterocycles. The van der Waals surface area contributed by atoms with Crippen LogP contribution in [0.1, 0.15) is 37.1 Å². The number of fused-ring (bicyclic) bond motifs is 1. The molecule has 0 saturated heterocycles. The van der Waals surface area contributed by atoms with E-state index in [1.807, 2.05) is 30.3 Å². The van der Waals surface area contributed by atoms with Crippen molar-refractivity contribution in [3.63, 3.8) is 0 Å². The van der Waals surface area contributed by atoms with Gasteiger partial charge in [0.05, 0.1) is 42.9 Å². The molecule has 0 aliphatic heterocycles. The lowest BCUT2D eigenvalue weighted by atomic mass is 10.0. The summed E-state index contributed by atoms with van der Waals surface area (Å²) in [4.78, 5) is 33.4. The molecule has 1 amide bonds. The van der Waals surface area contributed by atoms with Crippen LogP contribution < -0.4 is 5.32 Å².